The number of fused-ring (bicyclic) bond motifs is 1. The molecule has 1 aromatic heterocycles. The third-order valence-corrected chi connectivity index (χ3v) is 6.37. The normalized spacial score (nSPS) is 22.8. The third kappa shape index (κ3) is 2.86. The number of aryl methyl sites for hydroxylation is 2. The molecular weight excluding hydrogens is 318 g/mol. The standard InChI is InChI=1S/C19H23N3OS/c1-13-10-14(2)22(20-13)12-16-7-5-9-21(16)19(23)18-11-15-6-3-4-8-17(15)24-18/h3-4,6,8,10,16,18H,5,7,9,11-12H2,1-2H3/t16-,18-/m0/s1. The Kier molecular flexibility index (Phi) is 4.12. The van der Waals surface area contributed by atoms with Crippen LogP contribution in [-0.4, -0.2) is 38.4 Å². The second-order valence-electron chi connectivity index (χ2n) is 6.86. The molecule has 2 aromatic rings. The Hall–Kier alpha value is -1.75. The van der Waals surface area contributed by atoms with Gasteiger partial charge in [0.05, 0.1) is 23.5 Å². The zero-order valence-electron chi connectivity index (χ0n) is 14.2. The van der Waals surface area contributed by atoms with Crippen molar-refractivity contribution in [3.8, 4) is 0 Å². The molecule has 5 heteroatoms. The highest BCUT2D eigenvalue weighted by atomic mass is 32.2. The SMILES string of the molecule is Cc1cc(C)n(C[C@@H]2CCCN2C(=O)[C@@H]2Cc3ccccc3S2)n1. The molecule has 4 nitrogen and oxygen atoms in total. The molecule has 0 saturated carbocycles. The number of hydrogen-bond donors (Lipinski definition) is 0. The molecule has 1 fully saturated rings. The zero-order valence-corrected chi connectivity index (χ0v) is 15.1. The maximum Gasteiger partial charge on any atom is 0.236 e. The molecule has 0 aliphatic carbocycles. The summed E-state index contributed by atoms with van der Waals surface area (Å²) in [5, 5.41) is 4.62. The Balaban J connectivity index is 1.47. The largest absolute Gasteiger partial charge is 0.337 e. The van der Waals surface area contributed by atoms with E-state index in [9.17, 15) is 4.79 Å². The van der Waals surface area contributed by atoms with Crippen LogP contribution >= 0.6 is 11.8 Å². The number of nitrogens with zero attached hydrogens (tertiary/aromatic N) is 3. The van der Waals surface area contributed by atoms with Crippen molar-refractivity contribution in [1.82, 2.24) is 14.7 Å². The summed E-state index contributed by atoms with van der Waals surface area (Å²) in [5.41, 5.74) is 3.54. The minimum absolute atomic E-state index is 0.0449. The number of amides is 1. The van der Waals surface area contributed by atoms with E-state index < -0.39 is 0 Å². The second kappa shape index (κ2) is 6.28. The van der Waals surface area contributed by atoms with Gasteiger partial charge in [0.1, 0.15) is 0 Å². The lowest BCUT2D eigenvalue weighted by Crippen LogP contribution is -2.43. The number of thioether (sulfide) groups is 1. The maximum atomic E-state index is 13.1. The van der Waals surface area contributed by atoms with Crippen LogP contribution < -0.4 is 0 Å². The third-order valence-electron chi connectivity index (χ3n) is 5.07. The van der Waals surface area contributed by atoms with Gasteiger partial charge in [-0.1, -0.05) is 18.2 Å². The van der Waals surface area contributed by atoms with Crippen molar-refractivity contribution >= 4 is 17.7 Å². The predicted molar refractivity (Wildman–Crippen MR) is 96.2 cm³/mol. The predicted octanol–water partition coefficient (Wildman–Crippen LogP) is 3.21. The van der Waals surface area contributed by atoms with Crippen LogP contribution in [0.3, 0.4) is 0 Å². The molecule has 1 saturated heterocycles. The molecule has 0 radical (unpaired) electrons. The van der Waals surface area contributed by atoms with Crippen molar-refractivity contribution in [2.24, 2.45) is 0 Å². The lowest BCUT2D eigenvalue weighted by molar-refractivity contribution is -0.131. The second-order valence-corrected chi connectivity index (χ2v) is 8.10. The van der Waals surface area contributed by atoms with Crippen molar-refractivity contribution in [2.75, 3.05) is 6.54 Å². The number of carbonyl (C=O) groups is 1. The van der Waals surface area contributed by atoms with Gasteiger partial charge >= 0.3 is 0 Å². The van der Waals surface area contributed by atoms with Crippen LogP contribution in [0.15, 0.2) is 35.2 Å². The molecule has 2 aliphatic heterocycles. The van der Waals surface area contributed by atoms with Crippen LogP contribution in [-0.2, 0) is 17.8 Å². The molecule has 0 unspecified atom stereocenters. The zero-order chi connectivity index (χ0) is 16.7. The van der Waals surface area contributed by atoms with E-state index >= 15 is 0 Å². The quantitative estimate of drug-likeness (QED) is 0.860. The molecule has 4 rings (SSSR count). The average molecular weight is 341 g/mol. The first-order valence-corrected chi connectivity index (χ1v) is 9.56. The Bertz CT molecular complexity index is 745. The molecule has 1 aromatic carbocycles. The molecule has 0 spiro atoms. The fourth-order valence-electron chi connectivity index (χ4n) is 3.88. The first-order valence-electron chi connectivity index (χ1n) is 8.68. The summed E-state index contributed by atoms with van der Waals surface area (Å²) in [7, 11) is 0. The number of hydrogen-bond acceptors (Lipinski definition) is 3. The fourth-order valence-corrected chi connectivity index (χ4v) is 5.15. The van der Waals surface area contributed by atoms with E-state index in [0.717, 1.165) is 38.0 Å². The Morgan fingerprint density at radius 2 is 2.17 bits per heavy atom. The Labute approximate surface area is 147 Å². The van der Waals surface area contributed by atoms with Crippen molar-refractivity contribution < 1.29 is 4.79 Å². The van der Waals surface area contributed by atoms with Crippen LogP contribution in [0.5, 0.6) is 0 Å². The molecule has 1 amide bonds. The molecule has 24 heavy (non-hydrogen) atoms. The van der Waals surface area contributed by atoms with Gasteiger partial charge in [-0.05, 0) is 50.8 Å². The number of carbonyl (C=O) groups excluding carboxylic acids is 1. The summed E-state index contributed by atoms with van der Waals surface area (Å²) in [6, 6.07) is 10.8. The van der Waals surface area contributed by atoms with Gasteiger partial charge in [-0.25, -0.2) is 0 Å². The first-order chi connectivity index (χ1) is 11.6. The topological polar surface area (TPSA) is 38.1 Å². The van der Waals surface area contributed by atoms with Gasteiger partial charge < -0.3 is 4.90 Å². The van der Waals surface area contributed by atoms with Crippen LogP contribution in [0.4, 0.5) is 0 Å². The maximum absolute atomic E-state index is 13.1. The lowest BCUT2D eigenvalue weighted by atomic mass is 10.1. The van der Waals surface area contributed by atoms with Gasteiger partial charge in [-0.15, -0.1) is 11.8 Å². The van der Waals surface area contributed by atoms with Crippen molar-refractivity contribution in [2.45, 2.75) is 55.8 Å². The van der Waals surface area contributed by atoms with Gasteiger partial charge in [0.25, 0.3) is 0 Å². The van der Waals surface area contributed by atoms with Crippen LogP contribution in [0, 0.1) is 13.8 Å². The smallest absolute Gasteiger partial charge is 0.236 e. The molecule has 2 atom stereocenters. The summed E-state index contributed by atoms with van der Waals surface area (Å²) < 4.78 is 2.06. The Morgan fingerprint density at radius 1 is 1.33 bits per heavy atom. The highest BCUT2D eigenvalue weighted by Gasteiger charge is 2.36. The fraction of sp³-hybridized carbons (Fsp3) is 0.474. The minimum atomic E-state index is 0.0449. The van der Waals surface area contributed by atoms with E-state index in [0.29, 0.717) is 5.91 Å². The molecular formula is C19H23N3OS. The van der Waals surface area contributed by atoms with Crippen molar-refractivity contribution in [3.63, 3.8) is 0 Å². The summed E-state index contributed by atoms with van der Waals surface area (Å²) in [6.45, 7) is 5.81. The van der Waals surface area contributed by atoms with Gasteiger partial charge in [-0.2, -0.15) is 5.10 Å². The number of benzene rings is 1. The van der Waals surface area contributed by atoms with Gasteiger partial charge in [0.2, 0.25) is 5.91 Å². The van der Waals surface area contributed by atoms with E-state index in [-0.39, 0.29) is 11.3 Å². The van der Waals surface area contributed by atoms with E-state index in [1.807, 2.05) is 6.92 Å². The summed E-state index contributed by atoms with van der Waals surface area (Å²) >= 11 is 1.73. The van der Waals surface area contributed by atoms with Crippen LogP contribution in [0.2, 0.25) is 0 Å². The van der Waals surface area contributed by atoms with E-state index in [1.165, 1.54) is 16.2 Å². The minimum Gasteiger partial charge on any atom is -0.337 e. The van der Waals surface area contributed by atoms with E-state index in [2.05, 4.69) is 51.9 Å². The summed E-state index contributed by atoms with van der Waals surface area (Å²) in [4.78, 5) is 16.5. The number of rotatable bonds is 3. The number of likely N-dealkylation sites (tertiary alicyclic amines) is 1. The van der Waals surface area contributed by atoms with Gasteiger partial charge in [0, 0.05) is 17.1 Å². The molecule has 3 heterocycles. The highest BCUT2D eigenvalue weighted by molar-refractivity contribution is 8.01. The van der Waals surface area contributed by atoms with Crippen molar-refractivity contribution in [1.29, 1.82) is 0 Å². The van der Waals surface area contributed by atoms with Crippen molar-refractivity contribution in [3.05, 3.63) is 47.3 Å². The first kappa shape index (κ1) is 15.8. The molecule has 0 bridgehead atoms. The molecule has 2 aliphatic rings. The van der Waals surface area contributed by atoms with Gasteiger partial charge in [0.15, 0.2) is 0 Å². The van der Waals surface area contributed by atoms with E-state index in [1.54, 1.807) is 11.8 Å². The monoisotopic (exact) mass is 341 g/mol. The highest BCUT2D eigenvalue weighted by Crippen LogP contribution is 2.38. The Morgan fingerprint density at radius 3 is 2.92 bits per heavy atom. The lowest BCUT2D eigenvalue weighted by Gasteiger charge is -2.27. The van der Waals surface area contributed by atoms with E-state index in [4.69, 9.17) is 0 Å². The average Bonchev–Trinajstić information content (AvgIpc) is 3.26. The summed E-state index contributed by atoms with van der Waals surface area (Å²) in [6.07, 6.45) is 3.04. The van der Waals surface area contributed by atoms with Crippen LogP contribution in [0.25, 0.3) is 0 Å². The molecule has 126 valence electrons. The van der Waals surface area contributed by atoms with Crippen LogP contribution in [0.1, 0.15) is 29.8 Å². The number of aromatic nitrogens is 2. The summed E-state index contributed by atoms with van der Waals surface area (Å²) in [5.74, 6) is 0.306. The van der Waals surface area contributed by atoms with Gasteiger partial charge in [-0.3, -0.25) is 9.48 Å². The molecule has 0 N–H and O–H groups in total.